The van der Waals surface area contributed by atoms with E-state index in [9.17, 15) is 0 Å². The van der Waals surface area contributed by atoms with Gasteiger partial charge in [0.1, 0.15) is 0 Å². The molecule has 1 aromatic carbocycles. The van der Waals surface area contributed by atoms with Gasteiger partial charge in [0.15, 0.2) is 0 Å². The van der Waals surface area contributed by atoms with Gasteiger partial charge < -0.3 is 14.8 Å². The van der Waals surface area contributed by atoms with E-state index in [0.29, 0.717) is 12.1 Å². The summed E-state index contributed by atoms with van der Waals surface area (Å²) in [6.07, 6.45) is 5.74. The molecule has 1 aromatic rings. The average Bonchev–Trinajstić information content (AvgIpc) is 3.08. The fraction of sp³-hybridized carbons (Fsp3) is 0.647. The van der Waals surface area contributed by atoms with Crippen molar-refractivity contribution in [2.45, 2.75) is 49.8 Å². The van der Waals surface area contributed by atoms with Crippen LogP contribution in [0.15, 0.2) is 24.3 Å². The largest absolute Gasteiger partial charge is 0.378 e. The minimum absolute atomic E-state index is 0.00798. The molecule has 1 aliphatic carbocycles. The number of ether oxygens (including phenoxy) is 2. The second-order valence-corrected chi connectivity index (χ2v) is 6.48. The lowest BCUT2D eigenvalue weighted by Gasteiger charge is -2.38. The molecule has 3 aliphatic rings. The summed E-state index contributed by atoms with van der Waals surface area (Å²) in [6, 6.07) is 9.98. The van der Waals surface area contributed by atoms with Gasteiger partial charge in [-0.3, -0.25) is 0 Å². The van der Waals surface area contributed by atoms with E-state index < -0.39 is 0 Å². The zero-order valence-corrected chi connectivity index (χ0v) is 11.9. The lowest BCUT2D eigenvalue weighted by atomic mass is 9.89. The van der Waals surface area contributed by atoms with Gasteiger partial charge in [0.2, 0.25) is 0 Å². The van der Waals surface area contributed by atoms with Gasteiger partial charge in [0.25, 0.3) is 0 Å². The highest BCUT2D eigenvalue weighted by molar-refractivity contribution is 5.34. The first-order valence-corrected chi connectivity index (χ1v) is 7.90. The van der Waals surface area contributed by atoms with Crippen LogP contribution in [0, 0.1) is 0 Å². The smallest absolute Gasteiger partial charge is 0.0951 e. The fourth-order valence-corrected chi connectivity index (χ4v) is 4.05. The van der Waals surface area contributed by atoms with E-state index in [1.165, 1.54) is 24.0 Å². The van der Waals surface area contributed by atoms with E-state index in [2.05, 4.69) is 29.6 Å². The van der Waals surface area contributed by atoms with Crippen LogP contribution >= 0.6 is 0 Å². The highest BCUT2D eigenvalue weighted by atomic mass is 16.6. The fourth-order valence-electron chi connectivity index (χ4n) is 4.05. The highest BCUT2D eigenvalue weighted by Crippen LogP contribution is 2.36. The molecule has 20 heavy (non-hydrogen) atoms. The first-order valence-electron chi connectivity index (χ1n) is 7.90. The number of hydrogen-bond donors (Lipinski definition) is 1. The normalized spacial score (nSPS) is 36.4. The van der Waals surface area contributed by atoms with Crippen LogP contribution in [0.5, 0.6) is 0 Å². The lowest BCUT2D eigenvalue weighted by molar-refractivity contribution is -0.0904. The summed E-state index contributed by atoms with van der Waals surface area (Å²) in [7, 11) is 0. The molecule has 4 rings (SSSR count). The molecule has 0 bridgehead atoms. The molecular formula is C17H23NO2. The van der Waals surface area contributed by atoms with E-state index in [1.54, 1.807) is 0 Å². The topological polar surface area (TPSA) is 30.5 Å². The van der Waals surface area contributed by atoms with Crippen molar-refractivity contribution in [3.05, 3.63) is 35.4 Å². The summed E-state index contributed by atoms with van der Waals surface area (Å²) in [5.74, 6) is 0. The summed E-state index contributed by atoms with van der Waals surface area (Å²) in [5.41, 5.74) is 3.04. The van der Waals surface area contributed by atoms with Crippen molar-refractivity contribution in [3.8, 4) is 0 Å². The molecule has 3 atom stereocenters. The standard InChI is InChI=1S/C17H23NO2/c1-2-4-15-13(3-1)5-6-16(15)18-14-7-9-20-17(11-14)8-10-19-12-17/h1-4,14,16,18H,5-12H2. The molecule has 0 amide bonds. The molecule has 1 spiro atoms. The van der Waals surface area contributed by atoms with Crippen molar-refractivity contribution < 1.29 is 9.47 Å². The molecule has 1 N–H and O–H groups in total. The number of aryl methyl sites for hydroxylation is 1. The third-order valence-electron chi connectivity index (χ3n) is 5.13. The zero-order chi connectivity index (χ0) is 13.4. The Hall–Kier alpha value is -0.900. The molecule has 2 heterocycles. The molecule has 2 saturated heterocycles. The van der Waals surface area contributed by atoms with E-state index in [0.717, 1.165) is 39.1 Å². The number of rotatable bonds is 2. The number of benzene rings is 1. The predicted octanol–water partition coefficient (Wildman–Crippen LogP) is 2.60. The van der Waals surface area contributed by atoms with Crippen LogP contribution in [0.3, 0.4) is 0 Å². The Morgan fingerprint density at radius 2 is 2.10 bits per heavy atom. The van der Waals surface area contributed by atoms with Crippen LogP contribution in [0.4, 0.5) is 0 Å². The second kappa shape index (κ2) is 5.14. The Kier molecular flexibility index (Phi) is 3.29. The van der Waals surface area contributed by atoms with Crippen LogP contribution in [-0.4, -0.2) is 31.5 Å². The molecule has 0 radical (unpaired) electrons. The summed E-state index contributed by atoms with van der Waals surface area (Å²) in [6.45, 7) is 2.51. The highest BCUT2D eigenvalue weighted by Gasteiger charge is 2.41. The van der Waals surface area contributed by atoms with Crippen molar-refractivity contribution in [3.63, 3.8) is 0 Å². The van der Waals surface area contributed by atoms with Gasteiger partial charge in [-0.15, -0.1) is 0 Å². The Balaban J connectivity index is 1.45. The molecule has 108 valence electrons. The minimum Gasteiger partial charge on any atom is -0.378 e. The van der Waals surface area contributed by atoms with E-state index in [4.69, 9.17) is 9.47 Å². The van der Waals surface area contributed by atoms with Crippen molar-refractivity contribution in [2.75, 3.05) is 19.8 Å². The third-order valence-corrected chi connectivity index (χ3v) is 5.13. The molecule has 0 aromatic heterocycles. The molecule has 2 aliphatic heterocycles. The first kappa shape index (κ1) is 12.8. The van der Waals surface area contributed by atoms with Gasteiger partial charge in [-0.2, -0.15) is 0 Å². The van der Waals surface area contributed by atoms with Crippen LogP contribution in [0.1, 0.15) is 42.9 Å². The van der Waals surface area contributed by atoms with Crippen LogP contribution in [0.2, 0.25) is 0 Å². The number of fused-ring (bicyclic) bond motifs is 1. The van der Waals surface area contributed by atoms with Gasteiger partial charge in [-0.05, 0) is 36.8 Å². The van der Waals surface area contributed by atoms with Crippen molar-refractivity contribution >= 4 is 0 Å². The predicted molar refractivity (Wildman–Crippen MR) is 77.8 cm³/mol. The number of nitrogens with one attached hydrogen (secondary N) is 1. The molecule has 3 unspecified atom stereocenters. The zero-order valence-electron chi connectivity index (χ0n) is 11.9. The first-order chi connectivity index (χ1) is 9.85. The van der Waals surface area contributed by atoms with Gasteiger partial charge in [0, 0.05) is 31.7 Å². The van der Waals surface area contributed by atoms with Gasteiger partial charge in [0.05, 0.1) is 12.2 Å². The summed E-state index contributed by atoms with van der Waals surface area (Å²) < 4.78 is 11.6. The Labute approximate surface area is 120 Å². The third kappa shape index (κ3) is 2.28. The van der Waals surface area contributed by atoms with Crippen molar-refractivity contribution in [1.29, 1.82) is 0 Å². The maximum Gasteiger partial charge on any atom is 0.0951 e. The molecule has 3 heteroatoms. The molecule has 2 fully saturated rings. The Morgan fingerprint density at radius 3 is 3.00 bits per heavy atom. The minimum atomic E-state index is 0.00798. The molecule has 3 nitrogen and oxygen atoms in total. The quantitative estimate of drug-likeness (QED) is 0.898. The molecular weight excluding hydrogens is 250 g/mol. The van der Waals surface area contributed by atoms with E-state index >= 15 is 0 Å². The van der Waals surface area contributed by atoms with E-state index in [1.807, 2.05) is 0 Å². The Morgan fingerprint density at radius 1 is 1.15 bits per heavy atom. The van der Waals surface area contributed by atoms with Crippen LogP contribution in [0.25, 0.3) is 0 Å². The van der Waals surface area contributed by atoms with Gasteiger partial charge in [-0.25, -0.2) is 0 Å². The number of hydrogen-bond acceptors (Lipinski definition) is 3. The van der Waals surface area contributed by atoms with Crippen molar-refractivity contribution in [2.24, 2.45) is 0 Å². The van der Waals surface area contributed by atoms with Crippen molar-refractivity contribution in [1.82, 2.24) is 5.32 Å². The summed E-state index contributed by atoms with van der Waals surface area (Å²) in [4.78, 5) is 0. The monoisotopic (exact) mass is 273 g/mol. The maximum atomic E-state index is 6.03. The van der Waals surface area contributed by atoms with Crippen LogP contribution < -0.4 is 5.32 Å². The second-order valence-electron chi connectivity index (χ2n) is 6.48. The lowest BCUT2D eigenvalue weighted by Crippen LogP contribution is -2.48. The SMILES string of the molecule is c1ccc2c(c1)CCC2NC1CCOC2(CCOC2)C1. The average molecular weight is 273 g/mol. The van der Waals surface area contributed by atoms with E-state index in [-0.39, 0.29) is 5.60 Å². The van der Waals surface area contributed by atoms with Gasteiger partial charge >= 0.3 is 0 Å². The van der Waals surface area contributed by atoms with Gasteiger partial charge in [-0.1, -0.05) is 24.3 Å². The summed E-state index contributed by atoms with van der Waals surface area (Å²) in [5, 5.41) is 3.89. The summed E-state index contributed by atoms with van der Waals surface area (Å²) >= 11 is 0. The maximum absolute atomic E-state index is 6.03. The Bertz CT molecular complexity index is 482. The van der Waals surface area contributed by atoms with Crippen LogP contribution in [-0.2, 0) is 15.9 Å². The molecule has 0 saturated carbocycles.